The number of halogens is 1. The van der Waals surface area contributed by atoms with Gasteiger partial charge in [-0.05, 0) is 42.4 Å². The highest BCUT2D eigenvalue weighted by atomic mass is 35.5. The lowest BCUT2D eigenvalue weighted by atomic mass is 10.0. The third-order valence-corrected chi connectivity index (χ3v) is 6.31. The molecule has 2 atom stereocenters. The van der Waals surface area contributed by atoms with E-state index in [4.69, 9.17) is 11.6 Å². The van der Waals surface area contributed by atoms with Crippen molar-refractivity contribution in [1.29, 1.82) is 0 Å². The molecule has 2 aliphatic heterocycles. The Morgan fingerprint density at radius 1 is 1.21 bits per heavy atom. The SMILES string of the molecule is CCC1CSC2=[N+]1CC(O)(c1ccc(Cl)cc1)N2c1ccccc1. The van der Waals surface area contributed by atoms with E-state index in [1.165, 1.54) is 0 Å². The molecule has 2 aromatic rings. The minimum atomic E-state index is -1.08. The fourth-order valence-electron chi connectivity index (χ4n) is 3.53. The van der Waals surface area contributed by atoms with E-state index < -0.39 is 5.72 Å². The summed E-state index contributed by atoms with van der Waals surface area (Å²) in [6.45, 7) is 2.78. The lowest BCUT2D eigenvalue weighted by Crippen LogP contribution is -2.47. The molecule has 24 heavy (non-hydrogen) atoms. The van der Waals surface area contributed by atoms with Gasteiger partial charge < -0.3 is 5.11 Å². The highest BCUT2D eigenvalue weighted by molar-refractivity contribution is 8.14. The van der Waals surface area contributed by atoms with Crippen LogP contribution in [0.5, 0.6) is 0 Å². The Balaban J connectivity index is 1.83. The Morgan fingerprint density at radius 3 is 2.58 bits per heavy atom. The minimum absolute atomic E-state index is 0.470. The van der Waals surface area contributed by atoms with Crippen LogP contribution in [-0.2, 0) is 5.72 Å². The van der Waals surface area contributed by atoms with Crippen molar-refractivity contribution >= 4 is 34.2 Å². The van der Waals surface area contributed by atoms with Crippen molar-refractivity contribution in [2.75, 3.05) is 17.2 Å². The van der Waals surface area contributed by atoms with Crippen molar-refractivity contribution in [3.8, 4) is 0 Å². The van der Waals surface area contributed by atoms with Crippen molar-refractivity contribution in [3.05, 3.63) is 65.2 Å². The number of aliphatic hydroxyl groups is 1. The molecule has 2 heterocycles. The molecule has 0 amide bonds. The molecule has 0 saturated heterocycles. The zero-order valence-corrected chi connectivity index (χ0v) is 15.1. The Morgan fingerprint density at radius 2 is 1.92 bits per heavy atom. The molecule has 2 aliphatic rings. The van der Waals surface area contributed by atoms with Gasteiger partial charge in [0.1, 0.15) is 11.7 Å². The summed E-state index contributed by atoms with van der Waals surface area (Å²) in [7, 11) is 0. The maximum absolute atomic E-state index is 11.7. The summed E-state index contributed by atoms with van der Waals surface area (Å²) in [5.41, 5.74) is 0.798. The van der Waals surface area contributed by atoms with Crippen LogP contribution in [0.15, 0.2) is 54.6 Å². The Kier molecular flexibility index (Phi) is 4.07. The van der Waals surface area contributed by atoms with Gasteiger partial charge in [-0.15, -0.1) is 0 Å². The van der Waals surface area contributed by atoms with Crippen molar-refractivity contribution in [3.63, 3.8) is 0 Å². The zero-order valence-electron chi connectivity index (χ0n) is 13.5. The molecular weight excluding hydrogens is 340 g/mol. The summed E-state index contributed by atoms with van der Waals surface area (Å²) in [6.07, 6.45) is 1.08. The van der Waals surface area contributed by atoms with Crippen molar-refractivity contribution in [2.45, 2.75) is 25.1 Å². The lowest BCUT2D eigenvalue weighted by Gasteiger charge is -2.29. The first-order valence-electron chi connectivity index (χ1n) is 8.23. The van der Waals surface area contributed by atoms with Crippen molar-refractivity contribution in [2.24, 2.45) is 0 Å². The molecule has 0 aromatic heterocycles. The summed E-state index contributed by atoms with van der Waals surface area (Å²) in [4.78, 5) is 2.08. The van der Waals surface area contributed by atoms with Gasteiger partial charge in [0.05, 0.1) is 0 Å². The van der Waals surface area contributed by atoms with E-state index in [9.17, 15) is 5.11 Å². The first-order chi connectivity index (χ1) is 11.6. The van der Waals surface area contributed by atoms with Crippen LogP contribution in [0.2, 0.25) is 5.02 Å². The third-order valence-electron chi connectivity index (χ3n) is 4.84. The lowest BCUT2D eigenvalue weighted by molar-refractivity contribution is -0.561. The van der Waals surface area contributed by atoms with E-state index in [1.54, 1.807) is 0 Å². The van der Waals surface area contributed by atoms with Crippen LogP contribution in [0.25, 0.3) is 0 Å². The quantitative estimate of drug-likeness (QED) is 0.842. The van der Waals surface area contributed by atoms with E-state index >= 15 is 0 Å². The van der Waals surface area contributed by atoms with E-state index in [-0.39, 0.29) is 0 Å². The molecule has 5 heteroatoms. The number of anilines is 1. The van der Waals surface area contributed by atoms with E-state index in [2.05, 4.69) is 28.5 Å². The molecule has 124 valence electrons. The van der Waals surface area contributed by atoms with Gasteiger partial charge in [-0.3, -0.25) is 0 Å². The number of nitrogens with zero attached hydrogens (tertiary/aromatic N) is 2. The van der Waals surface area contributed by atoms with Crippen molar-refractivity contribution < 1.29 is 9.68 Å². The topological polar surface area (TPSA) is 26.5 Å². The molecule has 4 rings (SSSR count). The normalized spacial score (nSPS) is 26.1. The highest BCUT2D eigenvalue weighted by Crippen LogP contribution is 2.42. The molecular formula is C19H20ClN2OS+. The van der Waals surface area contributed by atoms with Gasteiger partial charge in [0.25, 0.3) is 5.72 Å². The van der Waals surface area contributed by atoms with Crippen LogP contribution < -0.4 is 4.90 Å². The summed E-state index contributed by atoms with van der Waals surface area (Å²) in [5, 5.41) is 13.5. The van der Waals surface area contributed by atoms with Gasteiger partial charge >= 0.3 is 5.17 Å². The smallest absolute Gasteiger partial charge is 0.317 e. The largest absolute Gasteiger partial charge is 0.346 e. The van der Waals surface area contributed by atoms with Gasteiger partial charge in [-0.1, -0.05) is 48.9 Å². The summed E-state index contributed by atoms with van der Waals surface area (Å²) >= 11 is 7.87. The van der Waals surface area contributed by atoms with E-state index in [1.807, 2.05) is 54.2 Å². The number of amidine groups is 1. The molecule has 0 spiro atoms. The van der Waals surface area contributed by atoms with Gasteiger partial charge in [0, 0.05) is 16.3 Å². The molecule has 0 fully saturated rings. The monoisotopic (exact) mass is 359 g/mol. The second-order valence-electron chi connectivity index (χ2n) is 6.28. The molecule has 0 bridgehead atoms. The Bertz CT molecular complexity index is 778. The van der Waals surface area contributed by atoms with Gasteiger partial charge in [0.2, 0.25) is 0 Å². The highest BCUT2D eigenvalue weighted by Gasteiger charge is 2.57. The Hall–Kier alpha value is -1.49. The molecule has 0 radical (unpaired) electrons. The van der Waals surface area contributed by atoms with Gasteiger partial charge in [0.15, 0.2) is 6.54 Å². The first kappa shape index (κ1) is 16.0. The number of hydrogen-bond acceptors (Lipinski definition) is 3. The number of para-hydroxylation sites is 1. The van der Waals surface area contributed by atoms with Gasteiger partial charge in [-0.2, -0.15) is 4.90 Å². The van der Waals surface area contributed by atoms with E-state index in [0.29, 0.717) is 17.6 Å². The molecule has 2 unspecified atom stereocenters. The molecule has 0 saturated carbocycles. The van der Waals surface area contributed by atoms with Crippen LogP contribution in [0.1, 0.15) is 18.9 Å². The fraction of sp³-hybridized carbons (Fsp3) is 0.316. The maximum atomic E-state index is 11.7. The number of hydrogen-bond donors (Lipinski definition) is 1. The van der Waals surface area contributed by atoms with Crippen LogP contribution in [0, 0.1) is 0 Å². The van der Waals surface area contributed by atoms with Gasteiger partial charge in [-0.25, -0.2) is 4.58 Å². The average molecular weight is 360 g/mol. The predicted molar refractivity (Wildman–Crippen MR) is 101 cm³/mol. The first-order valence-corrected chi connectivity index (χ1v) is 9.60. The number of benzene rings is 2. The summed E-state index contributed by atoms with van der Waals surface area (Å²) < 4.78 is 2.35. The average Bonchev–Trinajstić information content (AvgIpc) is 3.11. The van der Waals surface area contributed by atoms with Crippen molar-refractivity contribution in [1.82, 2.24) is 0 Å². The third kappa shape index (κ3) is 2.44. The van der Waals surface area contributed by atoms with Crippen LogP contribution in [0.4, 0.5) is 5.69 Å². The second kappa shape index (κ2) is 6.10. The molecule has 0 aliphatic carbocycles. The van der Waals surface area contributed by atoms with Crippen LogP contribution in [-0.4, -0.2) is 33.2 Å². The van der Waals surface area contributed by atoms with Crippen LogP contribution in [0.3, 0.4) is 0 Å². The maximum Gasteiger partial charge on any atom is 0.317 e. The Labute approximate surface area is 151 Å². The number of rotatable bonds is 3. The second-order valence-corrected chi connectivity index (χ2v) is 7.70. The molecule has 2 aromatic carbocycles. The minimum Gasteiger partial charge on any atom is -0.346 e. The van der Waals surface area contributed by atoms with Crippen LogP contribution >= 0.6 is 23.4 Å². The fourth-order valence-corrected chi connectivity index (χ4v) is 5.18. The summed E-state index contributed by atoms with van der Waals surface area (Å²) in [6, 6.07) is 18.1. The number of thioether (sulfide) groups is 1. The molecule has 3 nitrogen and oxygen atoms in total. The van der Waals surface area contributed by atoms with E-state index in [0.717, 1.165) is 28.6 Å². The zero-order chi connectivity index (χ0) is 16.7. The predicted octanol–water partition coefficient (Wildman–Crippen LogP) is 3.90. The summed E-state index contributed by atoms with van der Waals surface area (Å²) in [5.74, 6) is 1.08. The standard InChI is InChI=1S/C19H20ClN2OS/c1-2-16-12-24-18-21(16)13-19(23,14-8-10-15(20)11-9-14)22(18)17-6-4-3-5-7-17/h3-11,16,23H,2,12-13H2,1H3/q+1. The molecule has 1 N–H and O–H groups in total.